The van der Waals surface area contributed by atoms with Crippen molar-refractivity contribution in [1.29, 1.82) is 0 Å². The number of benzene rings is 2. The molecule has 0 aliphatic carbocycles. The van der Waals surface area contributed by atoms with E-state index >= 15 is 0 Å². The number of hydrogen-bond donors (Lipinski definition) is 0. The van der Waals surface area contributed by atoms with Gasteiger partial charge >= 0.3 is 0 Å². The maximum atomic E-state index is 13.0. The lowest BCUT2D eigenvalue weighted by atomic mass is 10.1. The van der Waals surface area contributed by atoms with Crippen LogP contribution in [0.5, 0.6) is 0 Å². The first-order valence-corrected chi connectivity index (χ1v) is 9.89. The van der Waals surface area contributed by atoms with Crippen LogP contribution >= 0.6 is 0 Å². The SMILES string of the molecule is Cc1ccc(-c2nnc(Cn3cnc4c(cnn4-c4cc(C)cc(C)c4)c3=O)o2)cc1. The molecular formula is C23H20N6O2. The largest absolute Gasteiger partial charge is 0.419 e. The standard InChI is InChI=1S/C23H20N6O2/c1-14-4-6-17(7-5-14)22-27-26-20(31-22)12-28-13-24-21-19(23(28)30)11-25-29(21)18-9-15(2)8-16(3)10-18/h4-11,13H,12H2,1-3H3. The van der Waals surface area contributed by atoms with E-state index in [0.717, 1.165) is 27.9 Å². The number of hydrogen-bond acceptors (Lipinski definition) is 6. The van der Waals surface area contributed by atoms with Gasteiger partial charge in [0.15, 0.2) is 5.65 Å². The molecule has 0 amide bonds. The van der Waals surface area contributed by atoms with Gasteiger partial charge in [0.1, 0.15) is 18.3 Å². The summed E-state index contributed by atoms with van der Waals surface area (Å²) in [5.74, 6) is 0.750. The molecule has 0 N–H and O–H groups in total. The summed E-state index contributed by atoms with van der Waals surface area (Å²) in [7, 11) is 0. The van der Waals surface area contributed by atoms with Crippen molar-refractivity contribution in [1.82, 2.24) is 29.5 Å². The Bertz CT molecular complexity index is 1440. The zero-order valence-corrected chi connectivity index (χ0v) is 17.4. The van der Waals surface area contributed by atoms with Crippen LogP contribution in [0.3, 0.4) is 0 Å². The van der Waals surface area contributed by atoms with Crippen LogP contribution in [0.15, 0.2) is 64.2 Å². The fourth-order valence-corrected chi connectivity index (χ4v) is 3.60. The number of fused-ring (bicyclic) bond motifs is 1. The fraction of sp³-hybridized carbons (Fsp3) is 0.174. The van der Waals surface area contributed by atoms with Gasteiger partial charge in [-0.25, -0.2) is 9.67 Å². The van der Waals surface area contributed by atoms with Crippen molar-refractivity contribution in [3.05, 3.63) is 87.9 Å². The second-order valence-corrected chi connectivity index (χ2v) is 7.68. The van der Waals surface area contributed by atoms with Crippen molar-refractivity contribution in [2.75, 3.05) is 0 Å². The highest BCUT2D eigenvalue weighted by Crippen LogP contribution is 2.19. The van der Waals surface area contributed by atoms with E-state index in [9.17, 15) is 4.79 Å². The summed E-state index contributed by atoms with van der Waals surface area (Å²) in [5.41, 5.74) is 5.39. The van der Waals surface area contributed by atoms with E-state index in [0.29, 0.717) is 22.8 Å². The molecule has 5 rings (SSSR count). The molecule has 31 heavy (non-hydrogen) atoms. The second-order valence-electron chi connectivity index (χ2n) is 7.68. The van der Waals surface area contributed by atoms with Crippen LogP contribution in [0.4, 0.5) is 0 Å². The molecule has 154 valence electrons. The highest BCUT2D eigenvalue weighted by atomic mass is 16.4. The Morgan fingerprint density at radius 3 is 2.42 bits per heavy atom. The molecular weight excluding hydrogens is 392 g/mol. The van der Waals surface area contributed by atoms with Crippen molar-refractivity contribution in [2.24, 2.45) is 0 Å². The molecule has 0 spiro atoms. The van der Waals surface area contributed by atoms with E-state index < -0.39 is 0 Å². The van der Waals surface area contributed by atoms with E-state index in [2.05, 4.69) is 26.3 Å². The first-order chi connectivity index (χ1) is 15.0. The Balaban J connectivity index is 1.47. The van der Waals surface area contributed by atoms with Crippen molar-refractivity contribution in [3.8, 4) is 17.1 Å². The Morgan fingerprint density at radius 1 is 0.935 bits per heavy atom. The molecule has 8 heteroatoms. The maximum Gasteiger partial charge on any atom is 0.264 e. The minimum absolute atomic E-state index is 0.134. The summed E-state index contributed by atoms with van der Waals surface area (Å²) < 4.78 is 8.88. The van der Waals surface area contributed by atoms with E-state index in [1.807, 2.05) is 57.2 Å². The summed E-state index contributed by atoms with van der Waals surface area (Å²) >= 11 is 0. The zero-order chi connectivity index (χ0) is 21.5. The van der Waals surface area contributed by atoms with Crippen LogP contribution in [0, 0.1) is 20.8 Å². The van der Waals surface area contributed by atoms with Crippen LogP contribution in [-0.2, 0) is 6.54 Å². The minimum atomic E-state index is -0.212. The van der Waals surface area contributed by atoms with Crippen LogP contribution in [0.1, 0.15) is 22.6 Å². The molecule has 3 aromatic heterocycles. The Kier molecular flexibility index (Phi) is 4.47. The minimum Gasteiger partial charge on any atom is -0.419 e. The first-order valence-electron chi connectivity index (χ1n) is 9.89. The van der Waals surface area contributed by atoms with E-state index in [1.54, 1.807) is 10.9 Å². The van der Waals surface area contributed by atoms with Gasteiger partial charge in [-0.2, -0.15) is 5.10 Å². The normalized spacial score (nSPS) is 11.3. The molecule has 8 nitrogen and oxygen atoms in total. The number of nitrogens with zero attached hydrogens (tertiary/aromatic N) is 6. The number of aryl methyl sites for hydroxylation is 3. The molecule has 0 aliphatic heterocycles. The monoisotopic (exact) mass is 412 g/mol. The van der Waals surface area contributed by atoms with Crippen LogP contribution in [-0.4, -0.2) is 29.5 Å². The average Bonchev–Trinajstić information content (AvgIpc) is 3.37. The van der Waals surface area contributed by atoms with E-state index in [4.69, 9.17) is 4.42 Å². The summed E-state index contributed by atoms with van der Waals surface area (Å²) in [6, 6.07) is 13.9. The summed E-state index contributed by atoms with van der Waals surface area (Å²) in [6.07, 6.45) is 3.03. The van der Waals surface area contributed by atoms with Gasteiger partial charge in [0.2, 0.25) is 11.8 Å². The van der Waals surface area contributed by atoms with E-state index in [-0.39, 0.29) is 12.1 Å². The van der Waals surface area contributed by atoms with Crippen molar-refractivity contribution in [3.63, 3.8) is 0 Å². The van der Waals surface area contributed by atoms with Crippen LogP contribution < -0.4 is 5.56 Å². The lowest BCUT2D eigenvalue weighted by molar-refractivity contribution is 0.483. The van der Waals surface area contributed by atoms with Crippen LogP contribution in [0.2, 0.25) is 0 Å². The van der Waals surface area contributed by atoms with Gasteiger partial charge in [0, 0.05) is 5.56 Å². The Hall–Kier alpha value is -4.07. The van der Waals surface area contributed by atoms with Crippen molar-refractivity contribution in [2.45, 2.75) is 27.3 Å². The first kappa shape index (κ1) is 18.9. The molecule has 0 radical (unpaired) electrons. The van der Waals surface area contributed by atoms with Gasteiger partial charge in [-0.3, -0.25) is 9.36 Å². The molecule has 0 atom stereocenters. The lowest BCUT2D eigenvalue weighted by Crippen LogP contribution is -2.21. The molecule has 2 aromatic carbocycles. The maximum absolute atomic E-state index is 13.0. The number of rotatable bonds is 4. The van der Waals surface area contributed by atoms with Gasteiger partial charge in [0.05, 0.1) is 11.9 Å². The molecule has 0 aliphatic rings. The van der Waals surface area contributed by atoms with Crippen LogP contribution in [0.25, 0.3) is 28.2 Å². The predicted molar refractivity (Wildman–Crippen MR) is 116 cm³/mol. The Morgan fingerprint density at radius 2 is 1.68 bits per heavy atom. The number of aromatic nitrogens is 6. The third-order valence-electron chi connectivity index (χ3n) is 5.08. The molecule has 0 unspecified atom stereocenters. The molecule has 5 aromatic rings. The topological polar surface area (TPSA) is 91.6 Å². The zero-order valence-electron chi connectivity index (χ0n) is 17.4. The van der Waals surface area contributed by atoms with Gasteiger partial charge in [-0.05, 0) is 56.2 Å². The molecule has 3 heterocycles. The molecule has 0 fully saturated rings. The van der Waals surface area contributed by atoms with Crippen molar-refractivity contribution < 1.29 is 4.42 Å². The smallest absolute Gasteiger partial charge is 0.264 e. The van der Waals surface area contributed by atoms with Gasteiger partial charge < -0.3 is 4.42 Å². The van der Waals surface area contributed by atoms with Gasteiger partial charge in [-0.1, -0.05) is 23.8 Å². The molecule has 0 saturated carbocycles. The summed E-state index contributed by atoms with van der Waals surface area (Å²) in [5, 5.41) is 13.0. The average molecular weight is 412 g/mol. The quantitative estimate of drug-likeness (QED) is 0.448. The third kappa shape index (κ3) is 3.52. The lowest BCUT2D eigenvalue weighted by Gasteiger charge is -2.07. The highest BCUT2D eigenvalue weighted by molar-refractivity contribution is 5.75. The summed E-state index contributed by atoms with van der Waals surface area (Å²) in [6.45, 7) is 6.20. The van der Waals surface area contributed by atoms with E-state index in [1.165, 1.54) is 10.9 Å². The third-order valence-corrected chi connectivity index (χ3v) is 5.08. The fourth-order valence-electron chi connectivity index (χ4n) is 3.60. The highest BCUT2D eigenvalue weighted by Gasteiger charge is 2.14. The van der Waals surface area contributed by atoms with Gasteiger partial charge in [0.25, 0.3) is 5.56 Å². The van der Waals surface area contributed by atoms with Gasteiger partial charge in [-0.15, -0.1) is 10.2 Å². The van der Waals surface area contributed by atoms with Crippen molar-refractivity contribution >= 4 is 11.0 Å². The molecule has 0 bridgehead atoms. The predicted octanol–water partition coefficient (Wildman–Crippen LogP) is 3.61. The second kappa shape index (κ2) is 7.32. The molecule has 0 saturated heterocycles. The Labute approximate surface area is 177 Å². The summed E-state index contributed by atoms with van der Waals surface area (Å²) in [4.78, 5) is 17.5.